The molecule has 0 bridgehead atoms. The fraction of sp³-hybridized carbons (Fsp3) is 0. The van der Waals surface area contributed by atoms with Crippen LogP contribution in [0.15, 0.2) is 46.6 Å². The Labute approximate surface area is 90.4 Å². The van der Waals surface area contributed by atoms with Gasteiger partial charge in [-0.3, -0.25) is 0 Å². The molecule has 16 heavy (non-hydrogen) atoms. The number of fused-ring (bicyclic) bond motifs is 1. The molecule has 76 valence electrons. The minimum Gasteiger partial charge on any atom is -0.0612 e. The third kappa shape index (κ3) is 1.62. The number of hydrogen-bond acceptors (Lipinski definition) is 2. The number of nitrogens with zero attached hydrogens (tertiary/aromatic N) is 6. The standard InChI is InChI=1S/C10H6N6/c11-15-13-8-5-1-3-7-4-2-6-9(10(7)8)14-16-12/h1-6H. The first-order chi connectivity index (χ1) is 7.86. The number of rotatable bonds is 2. The van der Waals surface area contributed by atoms with E-state index in [1.54, 1.807) is 24.3 Å². The molecule has 0 heterocycles. The fourth-order valence-electron chi connectivity index (χ4n) is 1.56. The molecule has 0 fully saturated rings. The summed E-state index contributed by atoms with van der Waals surface area (Å²) in [7, 11) is 0. The summed E-state index contributed by atoms with van der Waals surface area (Å²) in [6, 6.07) is 10.7. The van der Waals surface area contributed by atoms with Crippen LogP contribution in [0.1, 0.15) is 0 Å². The van der Waals surface area contributed by atoms with Crippen molar-refractivity contribution in [2.75, 3.05) is 0 Å². The summed E-state index contributed by atoms with van der Waals surface area (Å²) in [5.74, 6) is 0. The van der Waals surface area contributed by atoms with Crippen LogP contribution in [0.2, 0.25) is 0 Å². The van der Waals surface area contributed by atoms with Crippen LogP contribution < -0.4 is 0 Å². The van der Waals surface area contributed by atoms with Gasteiger partial charge < -0.3 is 0 Å². The Balaban J connectivity index is 2.91. The number of azide groups is 2. The maximum absolute atomic E-state index is 8.45. The molecule has 0 saturated carbocycles. The number of hydrogen-bond donors (Lipinski definition) is 0. The summed E-state index contributed by atoms with van der Waals surface area (Å²) in [5, 5.41) is 8.69. The second kappa shape index (κ2) is 4.23. The molecule has 0 N–H and O–H groups in total. The Morgan fingerprint density at radius 2 is 1.31 bits per heavy atom. The molecule has 0 unspecified atom stereocenters. The first kappa shape index (κ1) is 9.86. The third-order valence-corrected chi connectivity index (χ3v) is 2.17. The summed E-state index contributed by atoms with van der Waals surface area (Å²) in [4.78, 5) is 5.50. The smallest absolute Gasteiger partial charge is 0.0458 e. The first-order valence-corrected chi connectivity index (χ1v) is 4.49. The molecule has 0 aliphatic rings. The van der Waals surface area contributed by atoms with Gasteiger partial charge in [-0.15, -0.1) is 0 Å². The van der Waals surface area contributed by atoms with Crippen LogP contribution in [-0.2, 0) is 0 Å². The van der Waals surface area contributed by atoms with Crippen molar-refractivity contribution < 1.29 is 0 Å². The molecule has 0 spiro atoms. The molecule has 2 rings (SSSR count). The van der Waals surface area contributed by atoms with E-state index in [0.717, 1.165) is 5.39 Å². The van der Waals surface area contributed by atoms with Crippen molar-refractivity contribution in [3.8, 4) is 0 Å². The average Bonchev–Trinajstić information content (AvgIpc) is 2.30. The van der Waals surface area contributed by atoms with Crippen LogP contribution in [0.4, 0.5) is 11.4 Å². The van der Waals surface area contributed by atoms with Crippen LogP contribution in [-0.4, -0.2) is 0 Å². The molecule has 0 aliphatic carbocycles. The molecule has 6 nitrogen and oxygen atoms in total. The van der Waals surface area contributed by atoms with Crippen molar-refractivity contribution in [1.29, 1.82) is 0 Å². The summed E-state index contributed by atoms with van der Waals surface area (Å²) in [6.45, 7) is 0. The Morgan fingerprint density at radius 3 is 1.75 bits per heavy atom. The number of benzene rings is 2. The van der Waals surface area contributed by atoms with E-state index < -0.39 is 0 Å². The highest BCUT2D eigenvalue weighted by Crippen LogP contribution is 2.34. The Hall–Kier alpha value is -2.68. The Bertz CT molecular complexity index is 582. The van der Waals surface area contributed by atoms with Crippen LogP contribution in [0, 0.1) is 0 Å². The maximum atomic E-state index is 8.45. The van der Waals surface area contributed by atoms with Crippen LogP contribution in [0.3, 0.4) is 0 Å². The highest BCUT2D eigenvalue weighted by Gasteiger charge is 2.02. The maximum Gasteiger partial charge on any atom is 0.0458 e. The van der Waals surface area contributed by atoms with Gasteiger partial charge in [0.2, 0.25) is 0 Å². The Morgan fingerprint density at radius 1 is 0.812 bits per heavy atom. The molecule has 6 heteroatoms. The molecule has 0 aliphatic heterocycles. The third-order valence-electron chi connectivity index (χ3n) is 2.17. The van der Waals surface area contributed by atoms with Gasteiger partial charge in [-0.2, -0.15) is 0 Å². The Kier molecular flexibility index (Phi) is 2.61. The van der Waals surface area contributed by atoms with E-state index in [2.05, 4.69) is 20.1 Å². The van der Waals surface area contributed by atoms with Gasteiger partial charge in [0.25, 0.3) is 0 Å². The van der Waals surface area contributed by atoms with Gasteiger partial charge in [0, 0.05) is 26.6 Å². The van der Waals surface area contributed by atoms with Crippen molar-refractivity contribution in [1.82, 2.24) is 0 Å². The zero-order valence-electron chi connectivity index (χ0n) is 8.15. The molecule has 2 aromatic rings. The summed E-state index contributed by atoms with van der Waals surface area (Å²) < 4.78 is 0. The van der Waals surface area contributed by atoms with E-state index in [-0.39, 0.29) is 0 Å². The lowest BCUT2D eigenvalue weighted by atomic mass is 10.1. The quantitative estimate of drug-likeness (QED) is 0.389. The second-order valence-corrected chi connectivity index (χ2v) is 3.03. The predicted octanol–water partition coefficient (Wildman–Crippen LogP) is 4.72. The van der Waals surface area contributed by atoms with E-state index in [4.69, 9.17) is 11.1 Å². The van der Waals surface area contributed by atoms with Crippen molar-refractivity contribution in [3.05, 3.63) is 57.3 Å². The largest absolute Gasteiger partial charge is 0.0612 e. The molecule has 0 atom stereocenters. The van der Waals surface area contributed by atoms with Gasteiger partial charge in [0.15, 0.2) is 0 Å². The van der Waals surface area contributed by atoms with E-state index in [1.807, 2.05) is 12.1 Å². The van der Waals surface area contributed by atoms with Gasteiger partial charge in [0.05, 0.1) is 0 Å². The minimum atomic E-state index is 0.461. The van der Waals surface area contributed by atoms with Crippen molar-refractivity contribution in [3.63, 3.8) is 0 Å². The van der Waals surface area contributed by atoms with Crippen LogP contribution in [0.25, 0.3) is 31.7 Å². The van der Waals surface area contributed by atoms with Gasteiger partial charge in [0.1, 0.15) is 0 Å². The second-order valence-electron chi connectivity index (χ2n) is 3.03. The molecule has 0 amide bonds. The topological polar surface area (TPSA) is 97.5 Å². The predicted molar refractivity (Wildman–Crippen MR) is 61.6 cm³/mol. The zero-order chi connectivity index (χ0) is 11.4. The van der Waals surface area contributed by atoms with Gasteiger partial charge >= 0.3 is 0 Å². The zero-order valence-corrected chi connectivity index (χ0v) is 8.15. The van der Waals surface area contributed by atoms with E-state index in [9.17, 15) is 0 Å². The highest BCUT2D eigenvalue weighted by molar-refractivity contribution is 6.00. The first-order valence-electron chi connectivity index (χ1n) is 4.49. The van der Waals surface area contributed by atoms with Crippen LogP contribution >= 0.6 is 0 Å². The van der Waals surface area contributed by atoms with Crippen molar-refractivity contribution in [2.45, 2.75) is 0 Å². The summed E-state index contributed by atoms with van der Waals surface area (Å²) in [6.07, 6.45) is 0. The van der Waals surface area contributed by atoms with Gasteiger partial charge in [-0.25, -0.2) is 0 Å². The molecule has 2 aromatic carbocycles. The van der Waals surface area contributed by atoms with Gasteiger partial charge in [-0.05, 0) is 16.4 Å². The average molecular weight is 210 g/mol. The van der Waals surface area contributed by atoms with E-state index in [0.29, 0.717) is 16.8 Å². The van der Waals surface area contributed by atoms with Crippen molar-refractivity contribution >= 4 is 22.1 Å². The lowest BCUT2D eigenvalue weighted by Gasteiger charge is -2.03. The summed E-state index contributed by atoms with van der Waals surface area (Å²) >= 11 is 0. The monoisotopic (exact) mass is 210 g/mol. The highest BCUT2D eigenvalue weighted by atomic mass is 15.1. The lowest BCUT2D eigenvalue weighted by Crippen LogP contribution is -1.73. The molecular formula is C10H6N6. The van der Waals surface area contributed by atoms with Gasteiger partial charge in [-0.1, -0.05) is 46.6 Å². The van der Waals surface area contributed by atoms with Crippen LogP contribution in [0.5, 0.6) is 0 Å². The van der Waals surface area contributed by atoms with E-state index in [1.165, 1.54) is 0 Å². The van der Waals surface area contributed by atoms with E-state index >= 15 is 0 Å². The molecule has 0 aromatic heterocycles. The van der Waals surface area contributed by atoms with Crippen molar-refractivity contribution in [2.24, 2.45) is 10.2 Å². The molecule has 0 radical (unpaired) electrons. The molecule has 0 saturated heterocycles. The summed E-state index contributed by atoms with van der Waals surface area (Å²) in [5.41, 5.74) is 17.8. The SMILES string of the molecule is [N-]=[N+]=Nc1cccc2cccc(N=[N+]=[N-])c12. The normalized spacial score (nSPS) is 9.25. The lowest BCUT2D eigenvalue weighted by molar-refractivity contribution is 1.47. The molecular weight excluding hydrogens is 204 g/mol. The minimum absolute atomic E-state index is 0.461. The fourth-order valence-corrected chi connectivity index (χ4v) is 1.56.